The molecule has 10 nitrogen and oxygen atoms in total. The third-order valence-electron chi connectivity index (χ3n) is 8.06. The van der Waals surface area contributed by atoms with Gasteiger partial charge in [-0.2, -0.15) is 0 Å². The van der Waals surface area contributed by atoms with Gasteiger partial charge in [0, 0.05) is 59.4 Å². The Balaban J connectivity index is 1.45. The Bertz CT molecular complexity index is 1090. The molecule has 0 aromatic heterocycles. The zero-order valence-corrected chi connectivity index (χ0v) is 26.9. The number of methoxy groups -OCH3 is 3. The van der Waals surface area contributed by atoms with Gasteiger partial charge in [0.15, 0.2) is 0 Å². The summed E-state index contributed by atoms with van der Waals surface area (Å²) in [7, 11) is 5.03. The molecule has 44 heavy (non-hydrogen) atoms. The van der Waals surface area contributed by atoms with Crippen molar-refractivity contribution in [3.05, 3.63) is 59.2 Å². The molecule has 5 atom stereocenters. The number of nitrogens with one attached hydrogen (secondary N) is 1. The van der Waals surface area contributed by atoms with Gasteiger partial charge in [0.2, 0.25) is 0 Å². The maximum absolute atomic E-state index is 10.3. The lowest BCUT2D eigenvalue weighted by Crippen LogP contribution is -2.51. The Hall–Kier alpha value is -2.28. The molecule has 2 aliphatic heterocycles. The number of benzene rings is 2. The molecule has 2 aliphatic rings. The Labute approximate surface area is 262 Å². The molecule has 0 aliphatic carbocycles. The van der Waals surface area contributed by atoms with Crippen molar-refractivity contribution in [2.24, 2.45) is 5.92 Å². The first-order chi connectivity index (χ1) is 21.5. The molecule has 0 spiro atoms. The number of fused-ring (bicyclic) bond motifs is 1. The van der Waals surface area contributed by atoms with Crippen LogP contribution in [0.15, 0.2) is 42.5 Å². The lowest BCUT2D eigenvalue weighted by molar-refractivity contribution is -0.0856. The number of piperidine rings is 1. The van der Waals surface area contributed by atoms with E-state index in [1.54, 1.807) is 21.3 Å². The highest BCUT2D eigenvalue weighted by atomic mass is 16.5. The number of hydrogen-bond acceptors (Lipinski definition) is 10. The van der Waals surface area contributed by atoms with Crippen molar-refractivity contribution < 1.29 is 38.3 Å². The first-order valence-corrected chi connectivity index (χ1v) is 15.8. The topological polar surface area (TPSA) is 100 Å². The van der Waals surface area contributed by atoms with Crippen LogP contribution in [0.1, 0.15) is 36.0 Å². The van der Waals surface area contributed by atoms with E-state index in [2.05, 4.69) is 53.5 Å². The van der Waals surface area contributed by atoms with Crippen molar-refractivity contribution in [3.8, 4) is 5.75 Å². The second kappa shape index (κ2) is 18.6. The molecule has 2 aromatic carbocycles. The van der Waals surface area contributed by atoms with E-state index in [9.17, 15) is 5.11 Å². The third-order valence-corrected chi connectivity index (χ3v) is 8.06. The molecule has 0 radical (unpaired) electrons. The van der Waals surface area contributed by atoms with Crippen LogP contribution in [0.2, 0.25) is 0 Å². The molecule has 2 aromatic rings. The maximum atomic E-state index is 10.3. The number of ether oxygens (including phenoxy) is 7. The summed E-state index contributed by atoms with van der Waals surface area (Å²) < 4.78 is 40.4. The molecule has 0 saturated carbocycles. The number of anilines is 1. The van der Waals surface area contributed by atoms with Gasteiger partial charge in [-0.1, -0.05) is 37.3 Å². The van der Waals surface area contributed by atoms with Gasteiger partial charge in [-0.25, -0.2) is 0 Å². The summed E-state index contributed by atoms with van der Waals surface area (Å²) in [6, 6.07) is 14.9. The predicted molar refractivity (Wildman–Crippen MR) is 170 cm³/mol. The molecule has 2 heterocycles. The van der Waals surface area contributed by atoms with Crippen LogP contribution in [0.5, 0.6) is 5.75 Å². The van der Waals surface area contributed by atoms with E-state index >= 15 is 0 Å². The van der Waals surface area contributed by atoms with Crippen LogP contribution in [0.25, 0.3) is 0 Å². The van der Waals surface area contributed by atoms with Crippen molar-refractivity contribution in [1.29, 1.82) is 0 Å². The third kappa shape index (κ3) is 10.4. The molecule has 0 unspecified atom stereocenters. The van der Waals surface area contributed by atoms with Gasteiger partial charge in [0.1, 0.15) is 18.5 Å². The predicted octanol–water partition coefficient (Wildman–Crippen LogP) is 3.39. The highest BCUT2D eigenvalue weighted by molar-refractivity contribution is 5.61. The summed E-state index contributed by atoms with van der Waals surface area (Å²) in [5.41, 5.74) is 4.46. The van der Waals surface area contributed by atoms with Gasteiger partial charge in [0.25, 0.3) is 0 Å². The van der Waals surface area contributed by atoms with Crippen LogP contribution < -0.4 is 15.0 Å². The van der Waals surface area contributed by atoms with Gasteiger partial charge in [-0.15, -0.1) is 0 Å². The van der Waals surface area contributed by atoms with Gasteiger partial charge in [0.05, 0.1) is 64.1 Å². The van der Waals surface area contributed by atoms with Crippen LogP contribution in [0.4, 0.5) is 5.69 Å². The van der Waals surface area contributed by atoms with Crippen molar-refractivity contribution in [1.82, 2.24) is 5.32 Å². The molecular formula is C34H52N2O8. The van der Waals surface area contributed by atoms with Crippen molar-refractivity contribution in [2.75, 3.05) is 92.0 Å². The lowest BCUT2D eigenvalue weighted by Gasteiger charge is -2.39. The molecule has 1 saturated heterocycles. The second-order valence-corrected chi connectivity index (χ2v) is 11.8. The van der Waals surface area contributed by atoms with Crippen LogP contribution in [0.3, 0.4) is 0 Å². The summed E-state index contributed by atoms with van der Waals surface area (Å²) >= 11 is 0. The minimum atomic E-state index is -0.688. The Morgan fingerprint density at radius 2 is 1.64 bits per heavy atom. The molecule has 10 heteroatoms. The van der Waals surface area contributed by atoms with E-state index < -0.39 is 6.10 Å². The number of rotatable bonds is 19. The molecule has 2 N–H and O–H groups in total. The van der Waals surface area contributed by atoms with Gasteiger partial charge < -0.3 is 48.5 Å². The van der Waals surface area contributed by atoms with E-state index in [0.29, 0.717) is 52.0 Å². The second-order valence-electron chi connectivity index (χ2n) is 11.8. The van der Waals surface area contributed by atoms with Crippen molar-refractivity contribution in [2.45, 2.75) is 50.8 Å². The van der Waals surface area contributed by atoms with E-state index in [-0.39, 0.29) is 31.3 Å². The molecule has 0 bridgehead atoms. The number of aliphatic hydroxyl groups is 1. The summed E-state index contributed by atoms with van der Waals surface area (Å²) in [5.74, 6) is 1.24. The van der Waals surface area contributed by atoms with Crippen molar-refractivity contribution >= 4 is 5.69 Å². The van der Waals surface area contributed by atoms with E-state index in [1.165, 1.54) is 0 Å². The average molecular weight is 617 g/mol. The largest absolute Gasteiger partial charge is 0.490 e. The first kappa shape index (κ1) is 34.6. The minimum absolute atomic E-state index is 0.0193. The maximum Gasteiger partial charge on any atom is 0.142 e. The van der Waals surface area contributed by atoms with Gasteiger partial charge in [-0.05, 0) is 35.2 Å². The zero-order chi connectivity index (χ0) is 31.1. The van der Waals surface area contributed by atoms with Crippen LogP contribution >= 0.6 is 0 Å². The Morgan fingerprint density at radius 1 is 0.886 bits per heavy atom. The highest BCUT2D eigenvalue weighted by Gasteiger charge is 2.36. The first-order valence-electron chi connectivity index (χ1n) is 15.8. The highest BCUT2D eigenvalue weighted by Crippen LogP contribution is 2.34. The SMILES string of the molecule is COCCCN1CCOc2ccc(CO[C@H]3CNC[C@@H](OC[C@@H](O)COC)[C@@H]3c3ccc(COC[C@@H](C)COC)cc3)cc21. The summed E-state index contributed by atoms with van der Waals surface area (Å²) in [4.78, 5) is 2.37. The zero-order valence-electron chi connectivity index (χ0n) is 26.9. The van der Waals surface area contributed by atoms with E-state index in [1.807, 2.05) is 6.07 Å². The lowest BCUT2D eigenvalue weighted by atomic mass is 9.85. The average Bonchev–Trinajstić information content (AvgIpc) is 3.03. The van der Waals surface area contributed by atoms with E-state index in [0.717, 1.165) is 54.2 Å². The van der Waals surface area contributed by atoms with E-state index in [4.69, 9.17) is 33.2 Å². The van der Waals surface area contributed by atoms with Crippen LogP contribution in [-0.2, 0) is 41.6 Å². The molecule has 1 fully saturated rings. The fourth-order valence-corrected chi connectivity index (χ4v) is 5.88. The standard InChI is InChI=1S/C34H52N2O8/c1-25(19-39-3)20-41-21-26-6-9-28(10-7-26)34-32(17-35-18-33(34)44-24-29(37)23-40-4)43-22-27-8-11-31-30(16-27)36(13-15-42-31)12-5-14-38-2/h6-11,16,25,29,32-35,37H,5,12-15,17-24H2,1-4H3/t25-,29-,32-,33+,34+/m0/s1. The number of aliphatic hydroxyl groups excluding tert-OH is 1. The number of hydrogen-bond donors (Lipinski definition) is 2. The smallest absolute Gasteiger partial charge is 0.142 e. The summed E-state index contributed by atoms with van der Waals surface area (Å²) in [6.45, 7) is 9.45. The Morgan fingerprint density at radius 3 is 2.39 bits per heavy atom. The Kier molecular flexibility index (Phi) is 14.6. The fraction of sp³-hybridized carbons (Fsp3) is 0.647. The molecular weight excluding hydrogens is 564 g/mol. The summed E-state index contributed by atoms with van der Waals surface area (Å²) in [5, 5.41) is 13.8. The van der Waals surface area contributed by atoms with Gasteiger partial charge >= 0.3 is 0 Å². The normalized spacial score (nSPS) is 21.5. The van der Waals surface area contributed by atoms with Crippen LogP contribution in [-0.4, -0.2) is 111 Å². The van der Waals surface area contributed by atoms with Crippen LogP contribution in [0, 0.1) is 5.92 Å². The minimum Gasteiger partial charge on any atom is -0.490 e. The quantitative estimate of drug-likeness (QED) is 0.229. The molecule has 0 amide bonds. The fourth-order valence-electron chi connectivity index (χ4n) is 5.88. The molecule has 4 rings (SSSR count). The number of nitrogens with zero attached hydrogens (tertiary/aromatic N) is 1. The molecule has 246 valence electrons. The van der Waals surface area contributed by atoms with Crippen molar-refractivity contribution in [3.63, 3.8) is 0 Å². The summed E-state index contributed by atoms with van der Waals surface area (Å²) in [6.07, 6.45) is -0.0305. The van der Waals surface area contributed by atoms with Gasteiger partial charge in [-0.3, -0.25) is 0 Å². The monoisotopic (exact) mass is 616 g/mol.